The quantitative estimate of drug-likeness (QED) is 0.440. The molecule has 0 radical (unpaired) electrons. The van der Waals surface area contributed by atoms with Gasteiger partial charge < -0.3 is 4.74 Å². The fourth-order valence-electron chi connectivity index (χ4n) is 2.81. The van der Waals surface area contributed by atoms with Crippen LogP contribution in [-0.2, 0) is 0 Å². The molecule has 0 bridgehead atoms. The van der Waals surface area contributed by atoms with Crippen LogP contribution in [0, 0.1) is 0 Å². The molecular weight excluding hydrogens is 304 g/mol. The second kappa shape index (κ2) is 10.1. The van der Waals surface area contributed by atoms with Gasteiger partial charge in [-0.3, -0.25) is 0 Å². The lowest BCUT2D eigenvalue weighted by Gasteiger charge is -2.13. The van der Waals surface area contributed by atoms with Gasteiger partial charge in [0.15, 0.2) is 0 Å². The van der Waals surface area contributed by atoms with Crippen molar-refractivity contribution < 1.29 is 4.74 Å². The van der Waals surface area contributed by atoms with Crippen molar-refractivity contribution in [1.29, 1.82) is 0 Å². The van der Waals surface area contributed by atoms with Crippen molar-refractivity contribution in [2.24, 2.45) is 0 Å². The van der Waals surface area contributed by atoms with Gasteiger partial charge in [-0.05, 0) is 53.5 Å². The zero-order valence-corrected chi connectivity index (χ0v) is 16.2. The molecule has 0 fully saturated rings. The first kappa shape index (κ1) is 19.3. The van der Waals surface area contributed by atoms with Crippen molar-refractivity contribution in [2.45, 2.75) is 58.8 Å². The van der Waals surface area contributed by atoms with Crippen LogP contribution in [0.4, 0.5) is 0 Å². The van der Waals surface area contributed by atoms with Crippen LogP contribution in [0.15, 0.2) is 54.6 Å². The van der Waals surface area contributed by atoms with Crippen LogP contribution in [-0.4, -0.2) is 6.61 Å². The minimum atomic E-state index is 0.527. The number of allylic oxidation sites excluding steroid dienone is 1. The highest BCUT2D eigenvalue weighted by molar-refractivity contribution is 5.51. The molecule has 1 unspecified atom stereocenters. The molecule has 0 amide bonds. The maximum Gasteiger partial charge on any atom is 0.119 e. The fraction of sp³-hybridized carbons (Fsp3) is 0.417. The Kier molecular flexibility index (Phi) is 7.78. The predicted molar refractivity (Wildman–Crippen MR) is 109 cm³/mol. The standard InChI is InChI=1S/C24H32O/c1-5-6-16-25-24-15-8-12-21(17-24)11-7-10-20(4)23-14-9-13-22(18-23)19(2)3/h7-9,11-15,17-20H,5-6,10,16H2,1-4H3. The Hall–Kier alpha value is -2.02. The molecular formula is C24H32O. The average Bonchev–Trinajstić information content (AvgIpc) is 2.62. The molecule has 0 aliphatic heterocycles. The number of hydrogen-bond donors (Lipinski definition) is 0. The number of rotatable bonds is 9. The lowest BCUT2D eigenvalue weighted by atomic mass is 9.93. The van der Waals surface area contributed by atoms with E-state index in [-0.39, 0.29) is 0 Å². The van der Waals surface area contributed by atoms with E-state index in [1.807, 2.05) is 6.07 Å². The van der Waals surface area contributed by atoms with Gasteiger partial charge in [-0.25, -0.2) is 0 Å². The van der Waals surface area contributed by atoms with E-state index >= 15 is 0 Å². The summed E-state index contributed by atoms with van der Waals surface area (Å²) in [4.78, 5) is 0. The van der Waals surface area contributed by atoms with E-state index < -0.39 is 0 Å². The molecule has 0 saturated heterocycles. The van der Waals surface area contributed by atoms with E-state index in [2.05, 4.69) is 82.3 Å². The Balaban J connectivity index is 1.94. The van der Waals surface area contributed by atoms with E-state index in [0.717, 1.165) is 31.6 Å². The molecule has 1 heteroatoms. The van der Waals surface area contributed by atoms with Crippen LogP contribution in [0.3, 0.4) is 0 Å². The first-order valence-electron chi connectivity index (χ1n) is 9.59. The third-order valence-corrected chi connectivity index (χ3v) is 4.57. The topological polar surface area (TPSA) is 9.23 Å². The lowest BCUT2D eigenvalue weighted by Crippen LogP contribution is -1.96. The maximum absolute atomic E-state index is 5.79. The summed E-state index contributed by atoms with van der Waals surface area (Å²) < 4.78 is 5.79. The minimum Gasteiger partial charge on any atom is -0.494 e. The molecule has 2 aromatic rings. The number of ether oxygens (including phenoxy) is 1. The summed E-state index contributed by atoms with van der Waals surface area (Å²) in [5.41, 5.74) is 4.05. The maximum atomic E-state index is 5.79. The molecule has 1 atom stereocenters. The third-order valence-electron chi connectivity index (χ3n) is 4.57. The molecule has 134 valence electrons. The SMILES string of the molecule is CCCCOc1cccc(C=CCC(C)c2cccc(C(C)C)c2)c1. The van der Waals surface area contributed by atoms with Crippen molar-refractivity contribution in [2.75, 3.05) is 6.61 Å². The summed E-state index contributed by atoms with van der Waals surface area (Å²) in [5, 5.41) is 0. The Labute approximate surface area is 153 Å². The van der Waals surface area contributed by atoms with Crippen molar-refractivity contribution in [3.63, 3.8) is 0 Å². The predicted octanol–water partition coefficient (Wildman–Crippen LogP) is 7.20. The summed E-state index contributed by atoms with van der Waals surface area (Å²) in [6.07, 6.45) is 7.79. The summed E-state index contributed by atoms with van der Waals surface area (Å²) >= 11 is 0. The Morgan fingerprint density at radius 1 is 0.960 bits per heavy atom. The van der Waals surface area contributed by atoms with Gasteiger partial charge >= 0.3 is 0 Å². The first-order chi connectivity index (χ1) is 12.1. The zero-order chi connectivity index (χ0) is 18.1. The van der Waals surface area contributed by atoms with Crippen LogP contribution in [0.5, 0.6) is 5.75 Å². The van der Waals surface area contributed by atoms with Crippen molar-refractivity contribution in [3.05, 3.63) is 71.3 Å². The third kappa shape index (κ3) is 6.42. The number of benzene rings is 2. The normalized spacial score (nSPS) is 12.7. The van der Waals surface area contributed by atoms with Gasteiger partial charge in [-0.2, -0.15) is 0 Å². The highest BCUT2D eigenvalue weighted by Gasteiger charge is 2.06. The van der Waals surface area contributed by atoms with Gasteiger partial charge in [-0.15, -0.1) is 0 Å². The molecule has 1 nitrogen and oxygen atoms in total. The molecule has 0 N–H and O–H groups in total. The summed E-state index contributed by atoms with van der Waals surface area (Å²) in [7, 11) is 0. The van der Waals surface area contributed by atoms with E-state index in [4.69, 9.17) is 4.74 Å². The van der Waals surface area contributed by atoms with E-state index in [0.29, 0.717) is 11.8 Å². The molecule has 0 aromatic heterocycles. The molecule has 0 saturated carbocycles. The fourth-order valence-corrected chi connectivity index (χ4v) is 2.81. The largest absolute Gasteiger partial charge is 0.494 e. The Morgan fingerprint density at radius 3 is 2.48 bits per heavy atom. The van der Waals surface area contributed by atoms with Gasteiger partial charge in [0.05, 0.1) is 6.61 Å². The minimum absolute atomic E-state index is 0.527. The molecule has 0 aliphatic rings. The monoisotopic (exact) mass is 336 g/mol. The Bertz CT molecular complexity index is 669. The molecule has 2 rings (SSSR count). The van der Waals surface area contributed by atoms with Crippen LogP contribution >= 0.6 is 0 Å². The van der Waals surface area contributed by atoms with Gasteiger partial charge in [0.2, 0.25) is 0 Å². The van der Waals surface area contributed by atoms with Crippen LogP contribution in [0.1, 0.15) is 75.5 Å². The van der Waals surface area contributed by atoms with Gasteiger partial charge in [-0.1, -0.05) is 82.7 Å². The van der Waals surface area contributed by atoms with Crippen molar-refractivity contribution in [1.82, 2.24) is 0 Å². The second-order valence-corrected chi connectivity index (χ2v) is 7.14. The van der Waals surface area contributed by atoms with Crippen LogP contribution in [0.25, 0.3) is 6.08 Å². The summed E-state index contributed by atoms with van der Waals surface area (Å²) in [5.74, 6) is 2.07. The lowest BCUT2D eigenvalue weighted by molar-refractivity contribution is 0.309. The highest BCUT2D eigenvalue weighted by atomic mass is 16.5. The van der Waals surface area contributed by atoms with Gasteiger partial charge in [0.1, 0.15) is 5.75 Å². The molecule has 0 heterocycles. The summed E-state index contributed by atoms with van der Waals surface area (Å²) in [6, 6.07) is 17.4. The van der Waals surface area contributed by atoms with Gasteiger partial charge in [0.25, 0.3) is 0 Å². The van der Waals surface area contributed by atoms with E-state index in [1.54, 1.807) is 0 Å². The molecule has 25 heavy (non-hydrogen) atoms. The molecule has 2 aromatic carbocycles. The van der Waals surface area contributed by atoms with Crippen LogP contribution < -0.4 is 4.74 Å². The van der Waals surface area contributed by atoms with Gasteiger partial charge in [0, 0.05) is 0 Å². The molecule has 0 spiro atoms. The van der Waals surface area contributed by atoms with E-state index in [9.17, 15) is 0 Å². The van der Waals surface area contributed by atoms with Crippen molar-refractivity contribution >= 4 is 6.08 Å². The first-order valence-corrected chi connectivity index (χ1v) is 9.59. The van der Waals surface area contributed by atoms with Crippen LogP contribution in [0.2, 0.25) is 0 Å². The van der Waals surface area contributed by atoms with Crippen molar-refractivity contribution in [3.8, 4) is 5.75 Å². The Morgan fingerprint density at radius 2 is 1.72 bits per heavy atom. The second-order valence-electron chi connectivity index (χ2n) is 7.14. The summed E-state index contributed by atoms with van der Waals surface area (Å²) in [6.45, 7) is 9.78. The van der Waals surface area contributed by atoms with E-state index in [1.165, 1.54) is 16.7 Å². The highest BCUT2D eigenvalue weighted by Crippen LogP contribution is 2.24. The molecule has 0 aliphatic carbocycles. The zero-order valence-electron chi connectivity index (χ0n) is 16.2. The number of hydrogen-bond acceptors (Lipinski definition) is 1. The number of unbranched alkanes of at least 4 members (excludes halogenated alkanes) is 1. The average molecular weight is 337 g/mol. The smallest absolute Gasteiger partial charge is 0.119 e.